The predicted molar refractivity (Wildman–Crippen MR) is 103 cm³/mol. The third-order valence-corrected chi connectivity index (χ3v) is 5.14. The lowest BCUT2D eigenvalue weighted by molar-refractivity contribution is -0.124. The van der Waals surface area contributed by atoms with Crippen LogP contribution >= 0.6 is 11.6 Å². The van der Waals surface area contributed by atoms with Crippen LogP contribution in [0.15, 0.2) is 54.6 Å². The summed E-state index contributed by atoms with van der Waals surface area (Å²) in [6.45, 7) is 0.465. The van der Waals surface area contributed by atoms with E-state index < -0.39 is 0 Å². The Hall–Kier alpha value is -2.33. The van der Waals surface area contributed by atoms with Crippen LogP contribution in [0.5, 0.6) is 0 Å². The van der Waals surface area contributed by atoms with E-state index in [2.05, 4.69) is 22.8 Å². The van der Waals surface area contributed by atoms with Crippen molar-refractivity contribution >= 4 is 23.4 Å². The maximum absolute atomic E-state index is 12.3. The minimum atomic E-state index is -0.203. The molecule has 2 aromatic rings. The fourth-order valence-electron chi connectivity index (χ4n) is 3.26. The van der Waals surface area contributed by atoms with Crippen LogP contribution in [0.4, 0.5) is 0 Å². The van der Waals surface area contributed by atoms with E-state index in [0.29, 0.717) is 30.0 Å². The Morgan fingerprint density at radius 1 is 1.00 bits per heavy atom. The number of rotatable bonds is 7. The van der Waals surface area contributed by atoms with Gasteiger partial charge in [0.05, 0.1) is 5.54 Å². The Morgan fingerprint density at radius 3 is 2.31 bits per heavy atom. The van der Waals surface area contributed by atoms with Crippen molar-refractivity contribution in [3.05, 3.63) is 70.7 Å². The summed E-state index contributed by atoms with van der Waals surface area (Å²) in [5, 5.41) is 6.64. The first kappa shape index (κ1) is 18.5. The predicted octanol–water partition coefficient (Wildman–Crippen LogP) is 4.05. The van der Waals surface area contributed by atoms with E-state index in [0.717, 1.165) is 19.3 Å². The molecule has 0 spiro atoms. The van der Waals surface area contributed by atoms with Gasteiger partial charge < -0.3 is 10.6 Å². The zero-order chi connectivity index (χ0) is 18.4. The molecule has 4 nitrogen and oxygen atoms in total. The quantitative estimate of drug-likeness (QED) is 0.722. The van der Waals surface area contributed by atoms with Gasteiger partial charge in [0.1, 0.15) is 0 Å². The second kappa shape index (κ2) is 8.37. The average Bonchev–Trinajstić information content (AvgIpc) is 2.63. The summed E-state index contributed by atoms with van der Waals surface area (Å²) in [5.41, 5.74) is 1.54. The maximum Gasteiger partial charge on any atom is 0.251 e. The van der Waals surface area contributed by atoms with Crippen molar-refractivity contribution < 1.29 is 9.59 Å². The molecule has 0 aromatic heterocycles. The van der Waals surface area contributed by atoms with Gasteiger partial charge >= 0.3 is 0 Å². The van der Waals surface area contributed by atoms with E-state index in [1.807, 2.05) is 18.2 Å². The van der Waals surface area contributed by atoms with Gasteiger partial charge in [-0.3, -0.25) is 9.59 Å². The molecule has 2 amide bonds. The number of halogens is 1. The molecule has 1 saturated carbocycles. The number of hydrogen-bond donors (Lipinski definition) is 2. The Kier molecular flexibility index (Phi) is 5.94. The molecular weight excluding hydrogens is 348 g/mol. The van der Waals surface area contributed by atoms with E-state index in [4.69, 9.17) is 11.6 Å². The lowest BCUT2D eigenvalue weighted by Crippen LogP contribution is -2.50. The minimum Gasteiger partial charge on any atom is -0.352 e. The summed E-state index contributed by atoms with van der Waals surface area (Å²) in [6, 6.07) is 16.9. The highest BCUT2D eigenvalue weighted by Gasteiger charge is 2.39. The molecule has 1 aliphatic rings. The molecule has 0 atom stereocenters. The molecule has 0 bridgehead atoms. The summed E-state index contributed by atoms with van der Waals surface area (Å²) in [5.74, 6) is -0.115. The molecule has 2 aromatic carbocycles. The number of benzene rings is 2. The molecule has 0 radical (unpaired) electrons. The average molecular weight is 371 g/mol. The van der Waals surface area contributed by atoms with Gasteiger partial charge in [0.25, 0.3) is 5.91 Å². The Balaban J connectivity index is 1.43. The highest BCUT2D eigenvalue weighted by molar-refractivity contribution is 6.30. The molecule has 0 heterocycles. The Labute approximate surface area is 158 Å². The van der Waals surface area contributed by atoms with Crippen LogP contribution in [0.1, 0.15) is 48.0 Å². The van der Waals surface area contributed by atoms with E-state index in [1.165, 1.54) is 5.56 Å². The summed E-state index contributed by atoms with van der Waals surface area (Å²) >= 11 is 5.82. The smallest absolute Gasteiger partial charge is 0.251 e. The van der Waals surface area contributed by atoms with Crippen molar-refractivity contribution in [2.75, 3.05) is 6.54 Å². The Morgan fingerprint density at radius 2 is 1.69 bits per heavy atom. The van der Waals surface area contributed by atoms with Crippen molar-refractivity contribution in [2.45, 2.75) is 37.6 Å². The van der Waals surface area contributed by atoms with Crippen LogP contribution in [0.3, 0.4) is 0 Å². The van der Waals surface area contributed by atoms with Gasteiger partial charge in [-0.25, -0.2) is 0 Å². The van der Waals surface area contributed by atoms with Crippen molar-refractivity contribution in [3.63, 3.8) is 0 Å². The SMILES string of the molecule is O=C(CCCNC(=O)c1ccc(Cl)cc1)NC1(c2ccccc2)CCC1. The summed E-state index contributed by atoms with van der Waals surface area (Å²) in [7, 11) is 0. The monoisotopic (exact) mass is 370 g/mol. The van der Waals surface area contributed by atoms with Gasteiger partial charge in [-0.05, 0) is 55.5 Å². The van der Waals surface area contributed by atoms with Crippen LogP contribution in [0, 0.1) is 0 Å². The van der Waals surface area contributed by atoms with Crippen LogP contribution < -0.4 is 10.6 Å². The lowest BCUT2D eigenvalue weighted by atomic mass is 9.71. The molecule has 0 aliphatic heterocycles. The fourth-order valence-corrected chi connectivity index (χ4v) is 3.38. The lowest BCUT2D eigenvalue weighted by Gasteiger charge is -2.43. The molecular formula is C21H23ClN2O2. The van der Waals surface area contributed by atoms with Gasteiger partial charge in [0.15, 0.2) is 0 Å². The third kappa shape index (κ3) is 4.44. The standard InChI is InChI=1S/C21H23ClN2O2/c22-18-11-9-16(10-12-18)20(26)23-15-4-8-19(25)24-21(13-5-14-21)17-6-2-1-3-7-17/h1-3,6-7,9-12H,4-5,8,13-15H2,(H,23,26)(H,24,25). The van der Waals surface area contributed by atoms with E-state index in [9.17, 15) is 9.59 Å². The van der Waals surface area contributed by atoms with Gasteiger partial charge in [0.2, 0.25) is 5.91 Å². The van der Waals surface area contributed by atoms with Crippen molar-refractivity contribution in [3.8, 4) is 0 Å². The molecule has 5 heteroatoms. The first-order chi connectivity index (χ1) is 12.6. The molecule has 0 unspecified atom stereocenters. The number of nitrogens with one attached hydrogen (secondary N) is 2. The van der Waals surface area contributed by atoms with Crippen molar-refractivity contribution in [1.29, 1.82) is 0 Å². The second-order valence-corrected chi connectivity index (χ2v) is 7.15. The number of carbonyl (C=O) groups excluding carboxylic acids is 2. The molecule has 3 rings (SSSR count). The minimum absolute atomic E-state index is 0.0364. The number of carbonyl (C=O) groups is 2. The fraction of sp³-hybridized carbons (Fsp3) is 0.333. The van der Waals surface area contributed by atoms with Gasteiger partial charge in [0, 0.05) is 23.6 Å². The van der Waals surface area contributed by atoms with E-state index >= 15 is 0 Å². The first-order valence-corrected chi connectivity index (χ1v) is 9.37. The molecule has 136 valence electrons. The molecule has 26 heavy (non-hydrogen) atoms. The van der Waals surface area contributed by atoms with Gasteiger partial charge in [-0.1, -0.05) is 41.9 Å². The third-order valence-electron chi connectivity index (χ3n) is 4.88. The van der Waals surface area contributed by atoms with Crippen molar-refractivity contribution in [1.82, 2.24) is 10.6 Å². The first-order valence-electron chi connectivity index (χ1n) is 8.99. The highest BCUT2D eigenvalue weighted by Crippen LogP contribution is 2.41. The Bertz CT molecular complexity index is 755. The number of hydrogen-bond acceptors (Lipinski definition) is 2. The topological polar surface area (TPSA) is 58.2 Å². The van der Waals surface area contributed by atoms with E-state index in [1.54, 1.807) is 24.3 Å². The summed E-state index contributed by atoms with van der Waals surface area (Å²) < 4.78 is 0. The van der Waals surface area contributed by atoms with E-state index in [-0.39, 0.29) is 17.4 Å². The normalized spacial score (nSPS) is 15.0. The molecule has 1 aliphatic carbocycles. The molecule has 0 saturated heterocycles. The summed E-state index contributed by atoms with van der Waals surface area (Å²) in [4.78, 5) is 24.4. The van der Waals surface area contributed by atoms with Crippen LogP contribution in [-0.2, 0) is 10.3 Å². The van der Waals surface area contributed by atoms with Crippen LogP contribution in [-0.4, -0.2) is 18.4 Å². The highest BCUT2D eigenvalue weighted by atomic mass is 35.5. The molecule has 2 N–H and O–H groups in total. The van der Waals surface area contributed by atoms with Gasteiger partial charge in [-0.15, -0.1) is 0 Å². The van der Waals surface area contributed by atoms with Crippen molar-refractivity contribution in [2.24, 2.45) is 0 Å². The largest absolute Gasteiger partial charge is 0.352 e. The summed E-state index contributed by atoms with van der Waals surface area (Å²) in [6.07, 6.45) is 4.10. The molecule has 1 fully saturated rings. The maximum atomic E-state index is 12.3. The zero-order valence-electron chi connectivity index (χ0n) is 14.6. The van der Waals surface area contributed by atoms with Crippen LogP contribution in [0.25, 0.3) is 0 Å². The zero-order valence-corrected chi connectivity index (χ0v) is 15.4. The number of amides is 2. The van der Waals surface area contributed by atoms with Crippen LogP contribution in [0.2, 0.25) is 5.02 Å². The second-order valence-electron chi connectivity index (χ2n) is 6.72. The van der Waals surface area contributed by atoms with Gasteiger partial charge in [-0.2, -0.15) is 0 Å².